The molecular weight excluding hydrogens is 343 g/mol. The van der Waals surface area contributed by atoms with E-state index in [1.165, 1.54) is 0 Å². The number of hydrogen-bond donors (Lipinski definition) is 1. The van der Waals surface area contributed by atoms with Crippen LogP contribution in [0.15, 0.2) is 24.3 Å². The minimum atomic E-state index is -0.0683. The molecule has 0 radical (unpaired) electrons. The van der Waals surface area contributed by atoms with Crippen LogP contribution in [0.25, 0.3) is 0 Å². The predicted octanol–water partition coefficient (Wildman–Crippen LogP) is 1.64. The van der Waals surface area contributed by atoms with E-state index < -0.39 is 0 Å². The first-order valence-electron chi connectivity index (χ1n) is 5.86. The van der Waals surface area contributed by atoms with Crippen molar-refractivity contribution in [3.05, 3.63) is 33.4 Å². The second-order valence-electron chi connectivity index (χ2n) is 4.49. The van der Waals surface area contributed by atoms with Crippen LogP contribution in [0.1, 0.15) is 23.2 Å². The van der Waals surface area contributed by atoms with E-state index in [0.717, 1.165) is 9.99 Å². The molecule has 1 atom stereocenters. The minimum Gasteiger partial charge on any atom is -0.348 e. The van der Waals surface area contributed by atoms with Crippen LogP contribution in [0.3, 0.4) is 0 Å². The maximum atomic E-state index is 12.0. The molecular formula is C13H15IN2O2. The number of likely N-dealkylation sites (tertiary alicyclic amines) is 1. The molecule has 0 bridgehead atoms. The van der Waals surface area contributed by atoms with Gasteiger partial charge < -0.3 is 10.2 Å². The number of benzene rings is 1. The normalized spacial score (nSPS) is 19.8. The number of hydrogen-bond acceptors (Lipinski definition) is 2. The fourth-order valence-corrected chi connectivity index (χ4v) is 2.57. The van der Waals surface area contributed by atoms with E-state index in [2.05, 4.69) is 27.9 Å². The average Bonchev–Trinajstić information content (AvgIpc) is 2.34. The lowest BCUT2D eigenvalue weighted by molar-refractivity contribution is -0.132. The highest BCUT2D eigenvalue weighted by Gasteiger charge is 2.24. The molecule has 1 aliphatic heterocycles. The van der Waals surface area contributed by atoms with Gasteiger partial charge in [0.05, 0.1) is 0 Å². The lowest BCUT2D eigenvalue weighted by Gasteiger charge is -2.30. The molecule has 1 heterocycles. The van der Waals surface area contributed by atoms with Gasteiger partial charge in [-0.1, -0.05) is 6.07 Å². The first kappa shape index (κ1) is 13.3. The van der Waals surface area contributed by atoms with Gasteiger partial charge in [-0.25, -0.2) is 0 Å². The van der Waals surface area contributed by atoms with Gasteiger partial charge in [-0.15, -0.1) is 0 Å². The quantitative estimate of drug-likeness (QED) is 0.818. The maximum absolute atomic E-state index is 12.0. The molecule has 1 N–H and O–H groups in total. The van der Waals surface area contributed by atoms with Gasteiger partial charge >= 0.3 is 0 Å². The standard InChI is InChI=1S/C13H15IN2O2/c1-16-8-11(5-6-12(16)17)15-13(18)9-3-2-4-10(14)7-9/h2-4,7,11H,5-6,8H2,1H3,(H,15,18). The first-order chi connectivity index (χ1) is 8.56. The number of rotatable bonds is 2. The van der Waals surface area contributed by atoms with Crippen LogP contribution in [0, 0.1) is 3.57 Å². The molecule has 1 saturated heterocycles. The number of nitrogens with one attached hydrogen (secondary N) is 1. The highest BCUT2D eigenvalue weighted by Crippen LogP contribution is 2.12. The molecule has 1 aromatic carbocycles. The van der Waals surface area contributed by atoms with Crippen LogP contribution < -0.4 is 5.32 Å². The number of likely N-dealkylation sites (N-methyl/N-ethyl adjacent to an activating group) is 1. The molecule has 4 nitrogen and oxygen atoms in total. The van der Waals surface area contributed by atoms with Gasteiger partial charge in [0.1, 0.15) is 0 Å². The van der Waals surface area contributed by atoms with E-state index in [9.17, 15) is 9.59 Å². The van der Waals surface area contributed by atoms with E-state index in [1.807, 2.05) is 18.2 Å². The number of halogens is 1. The summed E-state index contributed by atoms with van der Waals surface area (Å²) < 4.78 is 1.04. The van der Waals surface area contributed by atoms with E-state index in [-0.39, 0.29) is 17.9 Å². The zero-order chi connectivity index (χ0) is 13.1. The van der Waals surface area contributed by atoms with Gasteiger partial charge in [0.2, 0.25) is 5.91 Å². The first-order valence-corrected chi connectivity index (χ1v) is 6.94. The molecule has 18 heavy (non-hydrogen) atoms. The van der Waals surface area contributed by atoms with Crippen molar-refractivity contribution in [1.29, 1.82) is 0 Å². The SMILES string of the molecule is CN1CC(NC(=O)c2cccc(I)c2)CCC1=O. The van der Waals surface area contributed by atoms with Crippen molar-refractivity contribution in [2.75, 3.05) is 13.6 Å². The summed E-state index contributed by atoms with van der Waals surface area (Å²) in [5, 5.41) is 2.98. The van der Waals surface area contributed by atoms with Crippen molar-refractivity contribution in [2.24, 2.45) is 0 Å². The third-order valence-corrected chi connectivity index (χ3v) is 3.72. The number of piperidine rings is 1. The van der Waals surface area contributed by atoms with Crippen molar-refractivity contribution in [1.82, 2.24) is 10.2 Å². The average molecular weight is 358 g/mol. The molecule has 2 rings (SSSR count). The molecule has 0 aromatic heterocycles. The van der Waals surface area contributed by atoms with Crippen LogP contribution in [-0.2, 0) is 4.79 Å². The van der Waals surface area contributed by atoms with Crippen LogP contribution in [-0.4, -0.2) is 36.3 Å². The number of amides is 2. The number of carbonyl (C=O) groups excluding carboxylic acids is 2. The Morgan fingerprint density at radius 3 is 2.94 bits per heavy atom. The molecule has 1 unspecified atom stereocenters. The maximum Gasteiger partial charge on any atom is 0.251 e. The zero-order valence-corrected chi connectivity index (χ0v) is 12.3. The molecule has 2 amide bonds. The summed E-state index contributed by atoms with van der Waals surface area (Å²) in [4.78, 5) is 25.1. The summed E-state index contributed by atoms with van der Waals surface area (Å²) in [5.74, 6) is 0.0797. The second-order valence-corrected chi connectivity index (χ2v) is 5.74. The number of nitrogens with zero attached hydrogens (tertiary/aromatic N) is 1. The van der Waals surface area contributed by atoms with Gasteiger partial charge in [0.15, 0.2) is 0 Å². The van der Waals surface area contributed by atoms with Crippen molar-refractivity contribution < 1.29 is 9.59 Å². The largest absolute Gasteiger partial charge is 0.348 e. The van der Waals surface area contributed by atoms with Crippen molar-refractivity contribution in [3.8, 4) is 0 Å². The van der Waals surface area contributed by atoms with Crippen molar-refractivity contribution >= 4 is 34.4 Å². The molecule has 0 aliphatic carbocycles. The molecule has 1 aromatic rings. The third-order valence-electron chi connectivity index (χ3n) is 3.05. The van der Waals surface area contributed by atoms with E-state index in [1.54, 1.807) is 18.0 Å². The summed E-state index contributed by atoms with van der Waals surface area (Å²) in [6.07, 6.45) is 1.23. The second kappa shape index (κ2) is 5.69. The molecule has 1 aliphatic rings. The van der Waals surface area contributed by atoms with Crippen LogP contribution in [0.2, 0.25) is 0 Å². The third kappa shape index (κ3) is 3.22. The monoisotopic (exact) mass is 358 g/mol. The Balaban J connectivity index is 1.98. The lowest BCUT2D eigenvalue weighted by atomic mass is 10.1. The van der Waals surface area contributed by atoms with E-state index in [0.29, 0.717) is 18.5 Å². The Hall–Kier alpha value is -1.11. The topological polar surface area (TPSA) is 49.4 Å². The van der Waals surface area contributed by atoms with E-state index in [4.69, 9.17) is 0 Å². The molecule has 0 saturated carbocycles. The summed E-state index contributed by atoms with van der Waals surface area (Å²) in [6, 6.07) is 7.53. The highest BCUT2D eigenvalue weighted by atomic mass is 127. The summed E-state index contributed by atoms with van der Waals surface area (Å²) in [7, 11) is 1.77. The van der Waals surface area contributed by atoms with Crippen LogP contribution >= 0.6 is 22.6 Å². The summed E-state index contributed by atoms with van der Waals surface area (Å²) in [5.41, 5.74) is 0.668. The Morgan fingerprint density at radius 2 is 2.28 bits per heavy atom. The van der Waals surface area contributed by atoms with Gasteiger partial charge in [-0.3, -0.25) is 9.59 Å². The number of carbonyl (C=O) groups is 2. The van der Waals surface area contributed by atoms with Crippen molar-refractivity contribution in [3.63, 3.8) is 0 Å². The molecule has 0 spiro atoms. The van der Waals surface area contributed by atoms with Crippen LogP contribution in [0.5, 0.6) is 0 Å². The molecule has 96 valence electrons. The van der Waals surface area contributed by atoms with Gasteiger partial charge in [0.25, 0.3) is 5.91 Å². The Kier molecular flexibility index (Phi) is 4.21. The Morgan fingerprint density at radius 1 is 1.50 bits per heavy atom. The fourth-order valence-electron chi connectivity index (χ4n) is 2.03. The minimum absolute atomic E-state index is 0.0538. The lowest BCUT2D eigenvalue weighted by Crippen LogP contribution is -2.48. The zero-order valence-electron chi connectivity index (χ0n) is 10.1. The van der Waals surface area contributed by atoms with E-state index >= 15 is 0 Å². The molecule has 1 fully saturated rings. The van der Waals surface area contributed by atoms with Gasteiger partial charge in [0, 0.05) is 35.2 Å². The van der Waals surface area contributed by atoms with Crippen molar-refractivity contribution in [2.45, 2.75) is 18.9 Å². The Labute approximate surface area is 120 Å². The van der Waals surface area contributed by atoms with Gasteiger partial charge in [-0.05, 0) is 47.2 Å². The molecule has 5 heteroatoms. The van der Waals surface area contributed by atoms with Gasteiger partial charge in [-0.2, -0.15) is 0 Å². The summed E-state index contributed by atoms with van der Waals surface area (Å²) >= 11 is 2.18. The predicted molar refractivity (Wildman–Crippen MR) is 77.3 cm³/mol. The summed E-state index contributed by atoms with van der Waals surface area (Å²) in [6.45, 7) is 0.592. The Bertz CT molecular complexity index is 476. The highest BCUT2D eigenvalue weighted by molar-refractivity contribution is 14.1. The smallest absolute Gasteiger partial charge is 0.251 e. The van der Waals surface area contributed by atoms with Crippen LogP contribution in [0.4, 0.5) is 0 Å². The fraction of sp³-hybridized carbons (Fsp3) is 0.385.